The number of nitriles is 1. The molecule has 1 aromatic carbocycles. The Morgan fingerprint density at radius 2 is 1.90 bits per heavy atom. The first-order valence-electron chi connectivity index (χ1n) is 6.82. The summed E-state index contributed by atoms with van der Waals surface area (Å²) in [6.45, 7) is 1.11. The normalized spacial score (nSPS) is 14.6. The lowest BCUT2D eigenvalue weighted by Gasteiger charge is -2.14. The maximum absolute atomic E-state index is 11.8. The number of nitrogens with zero attached hydrogens (tertiary/aromatic N) is 2. The van der Waals surface area contributed by atoms with Crippen LogP contribution in [0.25, 0.3) is 6.08 Å². The van der Waals surface area contributed by atoms with Crippen LogP contribution in [-0.4, -0.2) is 36.5 Å². The minimum Gasteiger partial charge on any atom is -0.451 e. The molecule has 1 saturated heterocycles. The summed E-state index contributed by atoms with van der Waals surface area (Å²) in [6.07, 6.45) is 3.41. The van der Waals surface area contributed by atoms with Crippen LogP contribution in [0.5, 0.6) is 0 Å². The number of carbonyl (C=O) groups is 2. The van der Waals surface area contributed by atoms with Crippen LogP contribution in [-0.2, 0) is 14.3 Å². The van der Waals surface area contributed by atoms with Gasteiger partial charge in [0, 0.05) is 13.1 Å². The van der Waals surface area contributed by atoms with E-state index in [-0.39, 0.29) is 18.1 Å². The summed E-state index contributed by atoms with van der Waals surface area (Å²) >= 11 is 0. The van der Waals surface area contributed by atoms with Crippen LogP contribution in [0.4, 0.5) is 0 Å². The number of likely N-dealkylation sites (tertiary alicyclic amines) is 1. The van der Waals surface area contributed by atoms with Crippen LogP contribution >= 0.6 is 0 Å². The van der Waals surface area contributed by atoms with Crippen LogP contribution in [0.1, 0.15) is 18.4 Å². The van der Waals surface area contributed by atoms with Crippen LogP contribution < -0.4 is 0 Å². The summed E-state index contributed by atoms with van der Waals surface area (Å²) in [6, 6.07) is 10.8. The van der Waals surface area contributed by atoms with Crippen molar-refractivity contribution >= 4 is 18.0 Å². The highest BCUT2D eigenvalue weighted by molar-refractivity contribution is 5.98. The quantitative estimate of drug-likeness (QED) is 0.480. The molecule has 1 aliphatic rings. The van der Waals surface area contributed by atoms with E-state index in [2.05, 4.69) is 0 Å². The van der Waals surface area contributed by atoms with E-state index in [1.54, 1.807) is 23.1 Å². The first kappa shape index (κ1) is 14.8. The molecule has 1 aliphatic heterocycles. The third-order valence-corrected chi connectivity index (χ3v) is 3.24. The number of hydrogen-bond donors (Lipinski definition) is 0. The zero-order valence-electron chi connectivity index (χ0n) is 11.6. The molecule has 2 rings (SSSR count). The molecule has 0 unspecified atom stereocenters. The Hall–Kier alpha value is -2.61. The molecule has 0 atom stereocenters. The van der Waals surface area contributed by atoms with Gasteiger partial charge < -0.3 is 9.64 Å². The minimum absolute atomic E-state index is 0.115. The smallest absolute Gasteiger partial charge is 0.349 e. The van der Waals surface area contributed by atoms with Gasteiger partial charge in [0.2, 0.25) is 0 Å². The lowest BCUT2D eigenvalue weighted by Crippen LogP contribution is -2.32. The van der Waals surface area contributed by atoms with E-state index in [0.29, 0.717) is 13.1 Å². The van der Waals surface area contributed by atoms with E-state index in [9.17, 15) is 9.59 Å². The maximum atomic E-state index is 11.8. The van der Waals surface area contributed by atoms with Crippen molar-refractivity contribution in [3.8, 4) is 6.07 Å². The van der Waals surface area contributed by atoms with Gasteiger partial charge in [0.25, 0.3) is 5.91 Å². The molecule has 0 aromatic heterocycles. The molecule has 0 N–H and O–H groups in total. The van der Waals surface area contributed by atoms with Crippen molar-refractivity contribution in [3.05, 3.63) is 41.5 Å². The van der Waals surface area contributed by atoms with Gasteiger partial charge in [-0.3, -0.25) is 4.79 Å². The predicted molar refractivity (Wildman–Crippen MR) is 76.8 cm³/mol. The molecule has 0 bridgehead atoms. The van der Waals surface area contributed by atoms with Gasteiger partial charge in [-0.25, -0.2) is 4.79 Å². The van der Waals surface area contributed by atoms with E-state index < -0.39 is 5.97 Å². The van der Waals surface area contributed by atoms with Crippen molar-refractivity contribution in [2.75, 3.05) is 19.7 Å². The molecule has 5 heteroatoms. The van der Waals surface area contributed by atoms with E-state index >= 15 is 0 Å². The molecule has 1 fully saturated rings. The van der Waals surface area contributed by atoms with Gasteiger partial charge in [0.15, 0.2) is 6.61 Å². The molecule has 1 amide bonds. The summed E-state index contributed by atoms with van der Waals surface area (Å²) in [5.74, 6) is -0.980. The third-order valence-electron chi connectivity index (χ3n) is 3.24. The number of ether oxygens (including phenoxy) is 1. The van der Waals surface area contributed by atoms with E-state index in [4.69, 9.17) is 10.00 Å². The van der Waals surface area contributed by atoms with Crippen molar-refractivity contribution in [2.24, 2.45) is 0 Å². The van der Waals surface area contributed by atoms with Gasteiger partial charge in [-0.2, -0.15) is 5.26 Å². The largest absolute Gasteiger partial charge is 0.451 e. The molecule has 5 nitrogen and oxygen atoms in total. The van der Waals surface area contributed by atoms with Crippen molar-refractivity contribution in [1.82, 2.24) is 4.90 Å². The second kappa shape index (κ2) is 7.25. The standard InChI is InChI=1S/C16H16N2O3/c17-11-14(10-13-6-2-1-3-7-13)16(20)21-12-15(19)18-8-4-5-9-18/h1-3,6-7,10H,4-5,8-9,12H2/b14-10+. The summed E-state index contributed by atoms with van der Waals surface area (Å²) in [5.41, 5.74) is 0.618. The first-order chi connectivity index (χ1) is 10.2. The third kappa shape index (κ3) is 4.18. The molecule has 0 radical (unpaired) electrons. The van der Waals surface area contributed by atoms with Gasteiger partial charge in [-0.15, -0.1) is 0 Å². The molecule has 21 heavy (non-hydrogen) atoms. The molecule has 1 aromatic rings. The van der Waals surface area contributed by atoms with E-state index in [1.807, 2.05) is 18.2 Å². The SMILES string of the molecule is N#C/C(=C\c1ccccc1)C(=O)OCC(=O)N1CCCC1. The second-order valence-corrected chi connectivity index (χ2v) is 4.74. The van der Waals surface area contributed by atoms with Crippen molar-refractivity contribution in [3.63, 3.8) is 0 Å². The fourth-order valence-corrected chi connectivity index (χ4v) is 2.12. The second-order valence-electron chi connectivity index (χ2n) is 4.74. The Labute approximate surface area is 123 Å². The van der Waals surface area contributed by atoms with Crippen molar-refractivity contribution in [1.29, 1.82) is 5.26 Å². The number of carbonyl (C=O) groups excluding carboxylic acids is 2. The van der Waals surface area contributed by atoms with Crippen LogP contribution in [0.3, 0.4) is 0 Å². The summed E-state index contributed by atoms with van der Waals surface area (Å²) in [4.78, 5) is 25.2. The van der Waals surface area contributed by atoms with Gasteiger partial charge in [0.1, 0.15) is 11.6 Å². The number of rotatable bonds is 4. The van der Waals surface area contributed by atoms with E-state index in [1.165, 1.54) is 6.08 Å². The molecule has 108 valence electrons. The number of benzene rings is 1. The Morgan fingerprint density at radius 3 is 2.52 bits per heavy atom. The summed E-state index contributed by atoms with van der Waals surface area (Å²) in [7, 11) is 0. The monoisotopic (exact) mass is 284 g/mol. The zero-order valence-corrected chi connectivity index (χ0v) is 11.6. The van der Waals surface area contributed by atoms with Crippen molar-refractivity contribution in [2.45, 2.75) is 12.8 Å². The highest BCUT2D eigenvalue weighted by Gasteiger charge is 2.20. The fourth-order valence-electron chi connectivity index (χ4n) is 2.12. The van der Waals surface area contributed by atoms with Crippen molar-refractivity contribution < 1.29 is 14.3 Å². The summed E-state index contributed by atoms with van der Waals surface area (Å²) in [5, 5.41) is 9.02. The van der Waals surface area contributed by atoms with Gasteiger partial charge >= 0.3 is 5.97 Å². The lowest BCUT2D eigenvalue weighted by atomic mass is 10.1. The molecule has 0 saturated carbocycles. The Kier molecular flexibility index (Phi) is 5.10. The fraction of sp³-hybridized carbons (Fsp3) is 0.312. The summed E-state index contributed by atoms with van der Waals surface area (Å²) < 4.78 is 4.92. The number of amides is 1. The Balaban J connectivity index is 1.93. The Morgan fingerprint density at radius 1 is 1.24 bits per heavy atom. The topological polar surface area (TPSA) is 70.4 Å². The number of hydrogen-bond acceptors (Lipinski definition) is 4. The highest BCUT2D eigenvalue weighted by Crippen LogP contribution is 2.09. The van der Waals surface area contributed by atoms with Crippen LogP contribution in [0.15, 0.2) is 35.9 Å². The first-order valence-corrected chi connectivity index (χ1v) is 6.82. The lowest BCUT2D eigenvalue weighted by molar-refractivity contribution is -0.148. The zero-order chi connectivity index (χ0) is 15.1. The minimum atomic E-state index is -0.770. The predicted octanol–water partition coefficient (Wildman–Crippen LogP) is 1.76. The molecular weight excluding hydrogens is 268 g/mol. The highest BCUT2D eigenvalue weighted by atomic mass is 16.5. The molecule has 0 aliphatic carbocycles. The average molecular weight is 284 g/mol. The molecule has 1 heterocycles. The van der Waals surface area contributed by atoms with Gasteiger partial charge in [-0.05, 0) is 24.5 Å². The van der Waals surface area contributed by atoms with Crippen LogP contribution in [0.2, 0.25) is 0 Å². The number of esters is 1. The van der Waals surface area contributed by atoms with Crippen LogP contribution in [0, 0.1) is 11.3 Å². The Bertz CT molecular complexity index is 581. The average Bonchev–Trinajstić information content (AvgIpc) is 3.05. The maximum Gasteiger partial charge on any atom is 0.349 e. The van der Waals surface area contributed by atoms with Gasteiger partial charge in [-0.1, -0.05) is 30.3 Å². The molecular formula is C16H16N2O3. The van der Waals surface area contributed by atoms with E-state index in [0.717, 1.165) is 18.4 Å². The molecule has 0 spiro atoms. The van der Waals surface area contributed by atoms with Gasteiger partial charge in [0.05, 0.1) is 0 Å².